The molecule has 0 unspecified atom stereocenters. The molecule has 1 amide bonds. The Morgan fingerprint density at radius 2 is 1.88 bits per heavy atom. The standard InChI is InChI=1S/C19H22N6O/c1-13-6-4-5-7-16(13)19(26)21-9-8-20-17-10-18(23-11-22-17)25-12-24-14(2)15(25)3/h4-7,10-12H,8-9H2,1-3H3,(H,21,26)(H,20,22,23). The van der Waals surface area contributed by atoms with Gasteiger partial charge in [-0.3, -0.25) is 9.36 Å². The predicted octanol–water partition coefficient (Wildman–Crippen LogP) is 2.43. The van der Waals surface area contributed by atoms with Crippen LogP contribution < -0.4 is 10.6 Å². The second-order valence-corrected chi connectivity index (χ2v) is 6.04. The van der Waals surface area contributed by atoms with Crippen molar-refractivity contribution in [2.75, 3.05) is 18.4 Å². The molecule has 0 aliphatic heterocycles. The van der Waals surface area contributed by atoms with E-state index in [-0.39, 0.29) is 5.91 Å². The molecule has 3 rings (SSSR count). The molecule has 0 saturated heterocycles. The number of hydrogen-bond donors (Lipinski definition) is 2. The first-order valence-electron chi connectivity index (χ1n) is 8.47. The van der Waals surface area contributed by atoms with Gasteiger partial charge in [-0.15, -0.1) is 0 Å². The lowest BCUT2D eigenvalue weighted by Gasteiger charge is -2.10. The van der Waals surface area contributed by atoms with Crippen molar-refractivity contribution >= 4 is 11.7 Å². The van der Waals surface area contributed by atoms with E-state index < -0.39 is 0 Å². The third-order valence-electron chi connectivity index (χ3n) is 4.26. The van der Waals surface area contributed by atoms with Crippen LogP contribution in [0.5, 0.6) is 0 Å². The molecule has 0 aliphatic carbocycles. The van der Waals surface area contributed by atoms with E-state index in [1.807, 2.05) is 55.7 Å². The molecule has 2 aromatic heterocycles. The van der Waals surface area contributed by atoms with Gasteiger partial charge in [0.25, 0.3) is 5.91 Å². The van der Waals surface area contributed by atoms with Crippen LogP contribution in [-0.2, 0) is 0 Å². The van der Waals surface area contributed by atoms with Gasteiger partial charge in [0, 0.05) is 30.4 Å². The van der Waals surface area contributed by atoms with Crippen LogP contribution in [-0.4, -0.2) is 38.5 Å². The molecule has 0 radical (unpaired) electrons. The quantitative estimate of drug-likeness (QED) is 0.667. The Morgan fingerprint density at radius 3 is 2.62 bits per heavy atom. The minimum absolute atomic E-state index is 0.0715. The first kappa shape index (κ1) is 17.6. The second kappa shape index (κ2) is 7.77. The molecule has 0 saturated carbocycles. The predicted molar refractivity (Wildman–Crippen MR) is 101 cm³/mol. The number of anilines is 1. The summed E-state index contributed by atoms with van der Waals surface area (Å²) in [4.78, 5) is 25.0. The topological polar surface area (TPSA) is 84.7 Å². The van der Waals surface area contributed by atoms with Gasteiger partial charge in [0.15, 0.2) is 0 Å². The minimum Gasteiger partial charge on any atom is -0.368 e. The number of nitrogens with zero attached hydrogens (tertiary/aromatic N) is 4. The Bertz CT molecular complexity index is 918. The lowest BCUT2D eigenvalue weighted by atomic mass is 10.1. The van der Waals surface area contributed by atoms with Crippen LogP contribution in [0.2, 0.25) is 0 Å². The van der Waals surface area contributed by atoms with Crippen molar-refractivity contribution in [3.63, 3.8) is 0 Å². The average Bonchev–Trinajstić information content (AvgIpc) is 2.98. The Morgan fingerprint density at radius 1 is 1.08 bits per heavy atom. The van der Waals surface area contributed by atoms with E-state index in [1.54, 1.807) is 6.33 Å². The summed E-state index contributed by atoms with van der Waals surface area (Å²) in [6.07, 6.45) is 3.26. The lowest BCUT2D eigenvalue weighted by molar-refractivity contribution is 0.0954. The van der Waals surface area contributed by atoms with E-state index in [9.17, 15) is 4.79 Å². The van der Waals surface area contributed by atoms with Crippen molar-refractivity contribution < 1.29 is 4.79 Å². The van der Waals surface area contributed by atoms with E-state index >= 15 is 0 Å². The minimum atomic E-state index is -0.0715. The number of carbonyl (C=O) groups is 1. The fraction of sp³-hybridized carbons (Fsp3) is 0.263. The van der Waals surface area contributed by atoms with Crippen LogP contribution in [0.1, 0.15) is 27.3 Å². The zero-order chi connectivity index (χ0) is 18.5. The highest BCUT2D eigenvalue weighted by molar-refractivity contribution is 5.95. The lowest BCUT2D eigenvalue weighted by Crippen LogP contribution is -2.29. The molecular weight excluding hydrogens is 328 g/mol. The number of benzene rings is 1. The average molecular weight is 350 g/mol. The second-order valence-electron chi connectivity index (χ2n) is 6.04. The van der Waals surface area contributed by atoms with Gasteiger partial charge in [-0.05, 0) is 32.4 Å². The van der Waals surface area contributed by atoms with E-state index in [0.717, 1.165) is 22.8 Å². The number of nitrogens with one attached hydrogen (secondary N) is 2. The van der Waals surface area contributed by atoms with Gasteiger partial charge in [0.1, 0.15) is 24.3 Å². The molecule has 2 N–H and O–H groups in total. The van der Waals surface area contributed by atoms with Crippen molar-refractivity contribution in [2.24, 2.45) is 0 Å². The van der Waals surface area contributed by atoms with Crippen LogP contribution in [0.15, 0.2) is 43.0 Å². The molecule has 26 heavy (non-hydrogen) atoms. The van der Waals surface area contributed by atoms with Crippen LogP contribution in [0.25, 0.3) is 5.82 Å². The van der Waals surface area contributed by atoms with Gasteiger partial charge in [0.2, 0.25) is 0 Å². The molecule has 7 nitrogen and oxygen atoms in total. The summed E-state index contributed by atoms with van der Waals surface area (Å²) in [5.41, 5.74) is 3.67. The summed E-state index contributed by atoms with van der Waals surface area (Å²) in [5, 5.41) is 6.11. The summed E-state index contributed by atoms with van der Waals surface area (Å²) in [5.74, 6) is 1.38. The van der Waals surface area contributed by atoms with Crippen LogP contribution in [0, 0.1) is 20.8 Å². The van der Waals surface area contributed by atoms with E-state index in [0.29, 0.717) is 24.5 Å². The maximum absolute atomic E-state index is 12.2. The number of carbonyl (C=O) groups excluding carboxylic acids is 1. The zero-order valence-electron chi connectivity index (χ0n) is 15.2. The summed E-state index contributed by atoms with van der Waals surface area (Å²) in [6.45, 7) is 6.95. The van der Waals surface area contributed by atoms with E-state index in [1.165, 1.54) is 6.33 Å². The molecule has 134 valence electrons. The van der Waals surface area contributed by atoms with Crippen molar-refractivity contribution in [1.82, 2.24) is 24.8 Å². The maximum atomic E-state index is 12.2. The summed E-state index contributed by atoms with van der Waals surface area (Å²) in [7, 11) is 0. The summed E-state index contributed by atoms with van der Waals surface area (Å²) >= 11 is 0. The van der Waals surface area contributed by atoms with Gasteiger partial charge in [-0.1, -0.05) is 18.2 Å². The van der Waals surface area contributed by atoms with Crippen LogP contribution >= 0.6 is 0 Å². The molecule has 0 fully saturated rings. The van der Waals surface area contributed by atoms with Gasteiger partial charge in [-0.2, -0.15) is 0 Å². The SMILES string of the molecule is Cc1ccccc1C(=O)NCCNc1cc(-n2cnc(C)c2C)ncn1. The first-order valence-corrected chi connectivity index (χ1v) is 8.47. The highest BCUT2D eigenvalue weighted by Gasteiger charge is 2.08. The summed E-state index contributed by atoms with van der Waals surface area (Å²) in [6, 6.07) is 9.39. The Kier molecular flexibility index (Phi) is 5.26. The molecule has 0 atom stereocenters. The number of imidazole rings is 1. The number of amides is 1. The number of aryl methyl sites for hydroxylation is 2. The zero-order valence-corrected chi connectivity index (χ0v) is 15.2. The molecular formula is C19H22N6O. The Hall–Kier alpha value is -3.22. The van der Waals surface area contributed by atoms with Gasteiger partial charge in [-0.25, -0.2) is 15.0 Å². The van der Waals surface area contributed by atoms with Crippen molar-refractivity contribution in [3.8, 4) is 5.82 Å². The molecule has 1 aromatic carbocycles. The monoisotopic (exact) mass is 350 g/mol. The van der Waals surface area contributed by atoms with Gasteiger partial charge < -0.3 is 10.6 Å². The maximum Gasteiger partial charge on any atom is 0.251 e. The number of rotatable bonds is 6. The third kappa shape index (κ3) is 3.88. The molecule has 2 heterocycles. The Balaban J connectivity index is 1.56. The number of hydrogen-bond acceptors (Lipinski definition) is 5. The fourth-order valence-electron chi connectivity index (χ4n) is 2.59. The number of aromatic nitrogens is 4. The highest BCUT2D eigenvalue weighted by atomic mass is 16.1. The fourth-order valence-corrected chi connectivity index (χ4v) is 2.59. The van der Waals surface area contributed by atoms with Gasteiger partial charge >= 0.3 is 0 Å². The molecule has 0 bridgehead atoms. The first-order chi connectivity index (χ1) is 12.6. The van der Waals surface area contributed by atoms with Crippen LogP contribution in [0.3, 0.4) is 0 Å². The van der Waals surface area contributed by atoms with Crippen molar-refractivity contribution in [1.29, 1.82) is 0 Å². The van der Waals surface area contributed by atoms with E-state index in [2.05, 4.69) is 25.6 Å². The molecule has 0 spiro atoms. The molecule has 3 aromatic rings. The summed E-state index contributed by atoms with van der Waals surface area (Å²) < 4.78 is 1.92. The highest BCUT2D eigenvalue weighted by Crippen LogP contribution is 2.13. The van der Waals surface area contributed by atoms with E-state index in [4.69, 9.17) is 0 Å². The van der Waals surface area contributed by atoms with Crippen molar-refractivity contribution in [2.45, 2.75) is 20.8 Å². The van der Waals surface area contributed by atoms with Crippen LogP contribution in [0.4, 0.5) is 5.82 Å². The van der Waals surface area contributed by atoms with Gasteiger partial charge in [0.05, 0.1) is 5.69 Å². The Labute approximate surface area is 152 Å². The third-order valence-corrected chi connectivity index (χ3v) is 4.26. The molecule has 0 aliphatic rings. The van der Waals surface area contributed by atoms with Crippen molar-refractivity contribution in [3.05, 3.63) is 65.5 Å². The molecule has 7 heteroatoms. The largest absolute Gasteiger partial charge is 0.368 e. The smallest absolute Gasteiger partial charge is 0.251 e. The normalized spacial score (nSPS) is 10.6.